The van der Waals surface area contributed by atoms with E-state index in [9.17, 15) is 4.79 Å². The standard InChI is InChI=1S/C29H23N3O2/c1-21-10-9-11-22(18-21)20-34-27-17-8-5-14-24(27)19-30-32-28(23-12-3-2-4-13-23)31-26-16-7-6-15-25(26)29(32)33/h2-19H,20H2,1H3. The Hall–Kier alpha value is -4.51. The lowest BCUT2D eigenvalue weighted by molar-refractivity contribution is 0.305. The van der Waals surface area contributed by atoms with Crippen LogP contribution in [0.4, 0.5) is 0 Å². The highest BCUT2D eigenvalue weighted by atomic mass is 16.5. The molecule has 0 aliphatic rings. The van der Waals surface area contributed by atoms with Gasteiger partial charge in [0.2, 0.25) is 0 Å². The summed E-state index contributed by atoms with van der Waals surface area (Å²) < 4.78 is 7.44. The van der Waals surface area contributed by atoms with Crippen molar-refractivity contribution in [2.24, 2.45) is 5.10 Å². The molecule has 4 aromatic carbocycles. The largest absolute Gasteiger partial charge is 0.488 e. The third-order valence-electron chi connectivity index (χ3n) is 5.49. The van der Waals surface area contributed by atoms with E-state index in [1.54, 1.807) is 12.3 Å². The van der Waals surface area contributed by atoms with E-state index >= 15 is 0 Å². The summed E-state index contributed by atoms with van der Waals surface area (Å²) in [6.07, 6.45) is 1.65. The molecule has 5 rings (SSSR count). The van der Waals surface area contributed by atoms with Gasteiger partial charge >= 0.3 is 0 Å². The van der Waals surface area contributed by atoms with Crippen LogP contribution in [0.3, 0.4) is 0 Å². The Bertz CT molecular complexity index is 1540. The summed E-state index contributed by atoms with van der Waals surface area (Å²) in [7, 11) is 0. The number of hydrogen-bond donors (Lipinski definition) is 0. The number of aryl methyl sites for hydroxylation is 1. The molecule has 1 aromatic heterocycles. The maximum Gasteiger partial charge on any atom is 0.282 e. The summed E-state index contributed by atoms with van der Waals surface area (Å²) in [6.45, 7) is 2.50. The van der Waals surface area contributed by atoms with Crippen molar-refractivity contribution in [2.45, 2.75) is 13.5 Å². The Morgan fingerprint density at radius 3 is 2.50 bits per heavy atom. The molecule has 0 fully saturated rings. The number of nitrogens with zero attached hydrogens (tertiary/aromatic N) is 3. The van der Waals surface area contributed by atoms with Gasteiger partial charge in [0.15, 0.2) is 5.82 Å². The first-order valence-electron chi connectivity index (χ1n) is 11.1. The molecule has 0 saturated heterocycles. The molecule has 0 spiro atoms. The lowest BCUT2D eigenvalue weighted by Crippen LogP contribution is -2.20. The van der Waals surface area contributed by atoms with E-state index in [4.69, 9.17) is 9.72 Å². The fourth-order valence-corrected chi connectivity index (χ4v) is 3.81. The Morgan fingerprint density at radius 1 is 0.882 bits per heavy atom. The van der Waals surface area contributed by atoms with Crippen molar-refractivity contribution < 1.29 is 4.74 Å². The van der Waals surface area contributed by atoms with Gasteiger partial charge in [-0.05, 0) is 36.8 Å². The zero-order chi connectivity index (χ0) is 23.3. The van der Waals surface area contributed by atoms with Crippen LogP contribution in [0, 0.1) is 6.92 Å². The molecule has 5 aromatic rings. The first-order chi connectivity index (χ1) is 16.7. The zero-order valence-corrected chi connectivity index (χ0v) is 18.8. The average molecular weight is 446 g/mol. The Balaban J connectivity index is 1.54. The summed E-state index contributed by atoms with van der Waals surface area (Å²) in [5, 5.41) is 5.09. The van der Waals surface area contributed by atoms with Crippen molar-refractivity contribution in [1.82, 2.24) is 9.66 Å². The minimum atomic E-state index is -0.223. The number of fused-ring (bicyclic) bond motifs is 1. The molecular formula is C29H23N3O2. The molecule has 0 radical (unpaired) electrons. The van der Waals surface area contributed by atoms with Crippen molar-refractivity contribution in [3.63, 3.8) is 0 Å². The molecule has 166 valence electrons. The van der Waals surface area contributed by atoms with Crippen LogP contribution in [0.25, 0.3) is 22.3 Å². The van der Waals surface area contributed by atoms with E-state index < -0.39 is 0 Å². The van der Waals surface area contributed by atoms with Gasteiger partial charge in [-0.15, -0.1) is 0 Å². The van der Waals surface area contributed by atoms with Crippen LogP contribution in [0.15, 0.2) is 113 Å². The van der Waals surface area contributed by atoms with Crippen LogP contribution in [-0.4, -0.2) is 15.9 Å². The Labute approximate surface area is 197 Å². The quantitative estimate of drug-likeness (QED) is 0.309. The van der Waals surface area contributed by atoms with Gasteiger partial charge < -0.3 is 4.74 Å². The summed E-state index contributed by atoms with van der Waals surface area (Å²) in [6, 6.07) is 32.8. The van der Waals surface area contributed by atoms with Crippen molar-refractivity contribution >= 4 is 17.1 Å². The Morgan fingerprint density at radius 2 is 1.65 bits per heavy atom. The molecule has 0 aliphatic carbocycles. The van der Waals surface area contributed by atoms with E-state index in [1.165, 1.54) is 10.2 Å². The van der Waals surface area contributed by atoms with Crippen LogP contribution in [0.1, 0.15) is 16.7 Å². The molecule has 34 heavy (non-hydrogen) atoms. The van der Waals surface area contributed by atoms with Crippen molar-refractivity contribution in [3.8, 4) is 17.1 Å². The van der Waals surface area contributed by atoms with Crippen molar-refractivity contribution in [1.29, 1.82) is 0 Å². The predicted molar refractivity (Wildman–Crippen MR) is 136 cm³/mol. The normalized spacial score (nSPS) is 11.2. The van der Waals surface area contributed by atoms with Gasteiger partial charge in [0.1, 0.15) is 12.4 Å². The molecule has 5 nitrogen and oxygen atoms in total. The topological polar surface area (TPSA) is 56.5 Å². The number of aromatic nitrogens is 2. The molecular weight excluding hydrogens is 422 g/mol. The molecule has 0 saturated carbocycles. The second-order valence-corrected chi connectivity index (χ2v) is 8.00. The first-order valence-corrected chi connectivity index (χ1v) is 11.1. The summed E-state index contributed by atoms with van der Waals surface area (Å²) in [5.74, 6) is 1.18. The number of benzene rings is 4. The lowest BCUT2D eigenvalue weighted by Gasteiger charge is -2.11. The minimum absolute atomic E-state index is 0.223. The molecule has 0 unspecified atom stereocenters. The number of rotatable bonds is 6. The molecule has 5 heteroatoms. The maximum atomic E-state index is 13.3. The highest BCUT2D eigenvalue weighted by Crippen LogP contribution is 2.21. The van der Waals surface area contributed by atoms with Gasteiger partial charge in [-0.1, -0.05) is 84.4 Å². The van der Waals surface area contributed by atoms with Gasteiger partial charge in [-0.2, -0.15) is 9.78 Å². The summed E-state index contributed by atoms with van der Waals surface area (Å²) >= 11 is 0. The second kappa shape index (κ2) is 9.55. The van der Waals surface area contributed by atoms with E-state index in [1.807, 2.05) is 84.9 Å². The molecule has 0 bridgehead atoms. The smallest absolute Gasteiger partial charge is 0.282 e. The molecule has 1 heterocycles. The van der Waals surface area contributed by atoms with Gasteiger partial charge in [0.05, 0.1) is 17.1 Å². The SMILES string of the molecule is Cc1cccc(COc2ccccc2C=Nn2c(-c3ccccc3)nc3ccccc3c2=O)c1. The highest BCUT2D eigenvalue weighted by Gasteiger charge is 2.12. The number of para-hydroxylation sites is 2. The van der Waals surface area contributed by atoms with Gasteiger partial charge in [-0.3, -0.25) is 4.79 Å². The number of ether oxygens (including phenoxy) is 1. The highest BCUT2D eigenvalue weighted by molar-refractivity contribution is 5.84. The van der Waals surface area contributed by atoms with Crippen LogP contribution in [0.5, 0.6) is 5.75 Å². The number of hydrogen-bond acceptors (Lipinski definition) is 4. The van der Waals surface area contributed by atoms with Gasteiger partial charge in [-0.25, -0.2) is 4.98 Å². The zero-order valence-electron chi connectivity index (χ0n) is 18.8. The third-order valence-corrected chi connectivity index (χ3v) is 5.49. The second-order valence-electron chi connectivity index (χ2n) is 8.00. The third kappa shape index (κ3) is 4.50. The average Bonchev–Trinajstić information content (AvgIpc) is 2.88. The van der Waals surface area contributed by atoms with E-state index in [2.05, 4.69) is 24.2 Å². The first kappa shape index (κ1) is 21.3. The summed E-state index contributed by atoms with van der Waals surface area (Å²) in [5.41, 5.74) is 4.28. The van der Waals surface area contributed by atoms with Crippen LogP contribution in [0.2, 0.25) is 0 Å². The molecule has 0 atom stereocenters. The van der Waals surface area contributed by atoms with Crippen molar-refractivity contribution in [3.05, 3.63) is 130 Å². The summed E-state index contributed by atoms with van der Waals surface area (Å²) in [4.78, 5) is 18.1. The van der Waals surface area contributed by atoms with Crippen LogP contribution in [-0.2, 0) is 6.61 Å². The minimum Gasteiger partial charge on any atom is -0.488 e. The van der Waals surface area contributed by atoms with Gasteiger partial charge in [0, 0.05) is 11.1 Å². The lowest BCUT2D eigenvalue weighted by atomic mass is 10.1. The molecule has 0 N–H and O–H groups in total. The predicted octanol–water partition coefficient (Wildman–Crippen LogP) is 5.83. The van der Waals surface area contributed by atoms with Crippen LogP contribution >= 0.6 is 0 Å². The maximum absolute atomic E-state index is 13.3. The molecule has 0 amide bonds. The van der Waals surface area contributed by atoms with E-state index in [0.717, 1.165) is 16.7 Å². The Kier molecular flexibility index (Phi) is 5.99. The van der Waals surface area contributed by atoms with E-state index in [-0.39, 0.29) is 5.56 Å². The van der Waals surface area contributed by atoms with Crippen LogP contribution < -0.4 is 10.3 Å². The van der Waals surface area contributed by atoms with Crippen molar-refractivity contribution in [2.75, 3.05) is 0 Å². The fourth-order valence-electron chi connectivity index (χ4n) is 3.81. The molecule has 0 aliphatic heterocycles. The monoisotopic (exact) mass is 445 g/mol. The van der Waals surface area contributed by atoms with E-state index in [0.29, 0.717) is 29.1 Å². The fraction of sp³-hybridized carbons (Fsp3) is 0.0690. The van der Waals surface area contributed by atoms with Gasteiger partial charge in [0.25, 0.3) is 5.56 Å².